The van der Waals surface area contributed by atoms with Crippen LogP contribution in [0.3, 0.4) is 0 Å². The highest BCUT2D eigenvalue weighted by atomic mass is 16.6. The maximum Gasteiger partial charge on any atom is 0.412 e. The number of hydrogen-bond acceptors (Lipinski definition) is 13. The van der Waals surface area contributed by atoms with E-state index < -0.39 is 11.7 Å². The second-order valence-corrected chi connectivity index (χ2v) is 15.0. The Bertz CT molecular complexity index is 2050. The van der Waals surface area contributed by atoms with Gasteiger partial charge in [0.2, 0.25) is 11.8 Å². The molecule has 0 aromatic carbocycles. The van der Waals surface area contributed by atoms with Gasteiger partial charge in [-0.25, -0.2) is 24.7 Å². The van der Waals surface area contributed by atoms with Crippen LogP contribution in [-0.2, 0) is 14.3 Å². The van der Waals surface area contributed by atoms with E-state index in [1.807, 2.05) is 32.6 Å². The lowest BCUT2D eigenvalue weighted by atomic mass is 10.1. The van der Waals surface area contributed by atoms with Crippen LogP contribution in [0.25, 0.3) is 22.8 Å². The highest BCUT2D eigenvalue weighted by Crippen LogP contribution is 2.39. The Hall–Kier alpha value is -5.93. The van der Waals surface area contributed by atoms with Gasteiger partial charge in [-0.2, -0.15) is 0 Å². The van der Waals surface area contributed by atoms with Crippen LogP contribution in [0.4, 0.5) is 39.2 Å². The van der Waals surface area contributed by atoms with Gasteiger partial charge in [0, 0.05) is 49.7 Å². The van der Waals surface area contributed by atoms with E-state index in [-0.39, 0.29) is 36.0 Å². The molecule has 2 aliphatic rings. The van der Waals surface area contributed by atoms with E-state index in [2.05, 4.69) is 44.0 Å². The fraction of sp³-hybridized carbons (Fsp3) is 0.462. The second kappa shape index (κ2) is 16.2. The summed E-state index contributed by atoms with van der Waals surface area (Å²) in [5.41, 5.74) is 9.08. The van der Waals surface area contributed by atoms with Crippen LogP contribution < -0.4 is 30.7 Å². The molecule has 0 aliphatic carbocycles. The number of ether oxygens (including phenoxy) is 1. The van der Waals surface area contributed by atoms with Gasteiger partial charge < -0.3 is 30.1 Å². The molecule has 0 spiro atoms. The van der Waals surface area contributed by atoms with E-state index in [4.69, 9.17) is 20.4 Å². The maximum atomic E-state index is 12.8. The summed E-state index contributed by atoms with van der Waals surface area (Å²) in [5, 5.41) is 2.73. The van der Waals surface area contributed by atoms with E-state index in [9.17, 15) is 14.4 Å². The van der Waals surface area contributed by atoms with Crippen molar-refractivity contribution in [2.45, 2.75) is 105 Å². The number of pyridine rings is 2. The van der Waals surface area contributed by atoms with E-state index in [0.717, 1.165) is 23.5 Å². The molecule has 6 rings (SSSR count). The molecule has 16 nitrogen and oxygen atoms in total. The number of nitrogens with zero attached hydrogens (tertiary/aromatic N) is 10. The lowest BCUT2D eigenvalue weighted by Crippen LogP contribution is -2.54. The smallest absolute Gasteiger partial charge is 0.412 e. The Kier molecular flexibility index (Phi) is 11.9. The zero-order valence-electron chi connectivity index (χ0n) is 33.5. The van der Waals surface area contributed by atoms with E-state index in [1.165, 1.54) is 6.20 Å². The Balaban J connectivity index is 0.000000218. The monoisotopic (exact) mass is 752 g/mol. The minimum absolute atomic E-state index is 0.0243. The number of rotatable bonds is 7. The van der Waals surface area contributed by atoms with Crippen molar-refractivity contribution in [2.24, 2.45) is 0 Å². The summed E-state index contributed by atoms with van der Waals surface area (Å²) < 4.78 is 5.36. The van der Waals surface area contributed by atoms with Gasteiger partial charge in [-0.05, 0) is 73.4 Å². The third kappa shape index (κ3) is 8.27. The molecule has 3 amide bonds. The van der Waals surface area contributed by atoms with Gasteiger partial charge in [-0.1, -0.05) is 13.8 Å². The Morgan fingerprint density at radius 1 is 0.782 bits per heavy atom. The predicted octanol–water partition coefficient (Wildman–Crippen LogP) is 5.95. The zero-order valence-corrected chi connectivity index (χ0v) is 33.5. The molecule has 0 unspecified atom stereocenters. The van der Waals surface area contributed by atoms with Crippen LogP contribution in [0.2, 0.25) is 0 Å². The van der Waals surface area contributed by atoms with E-state index in [1.54, 1.807) is 87.8 Å². The summed E-state index contributed by atoms with van der Waals surface area (Å²) in [5.74, 6) is 2.51. The molecule has 2 atom stereocenters. The first-order chi connectivity index (χ1) is 26.0. The minimum Gasteiger partial charge on any atom is -0.444 e. The largest absolute Gasteiger partial charge is 0.444 e. The van der Waals surface area contributed by atoms with Crippen molar-refractivity contribution in [1.29, 1.82) is 0 Å². The van der Waals surface area contributed by atoms with Gasteiger partial charge >= 0.3 is 6.09 Å². The number of hydrogen-bond donors (Lipinski definition) is 2. The molecule has 292 valence electrons. The van der Waals surface area contributed by atoms with Crippen molar-refractivity contribution >= 4 is 52.3 Å². The molecule has 3 N–H and O–H groups in total. The number of nitrogens with one attached hydrogen (secondary N) is 1. The van der Waals surface area contributed by atoms with Crippen LogP contribution in [0.15, 0.2) is 49.3 Å². The Morgan fingerprint density at radius 3 is 1.67 bits per heavy atom. The molecule has 0 saturated heterocycles. The summed E-state index contributed by atoms with van der Waals surface area (Å²) in [6, 6.07) is 3.23. The first-order valence-corrected chi connectivity index (χ1v) is 18.5. The molecule has 4 aromatic heterocycles. The molecule has 4 aromatic rings. The molecule has 6 heterocycles. The fourth-order valence-electron chi connectivity index (χ4n) is 6.73. The molecule has 0 saturated carbocycles. The lowest BCUT2D eigenvalue weighted by Gasteiger charge is -2.42. The summed E-state index contributed by atoms with van der Waals surface area (Å²) in [7, 11) is 3.51. The quantitative estimate of drug-likeness (QED) is 0.226. The van der Waals surface area contributed by atoms with Crippen molar-refractivity contribution in [2.75, 3.05) is 44.7 Å². The van der Waals surface area contributed by atoms with Crippen LogP contribution >= 0.6 is 0 Å². The van der Waals surface area contributed by atoms with Gasteiger partial charge in [0.05, 0.1) is 36.2 Å². The Morgan fingerprint density at radius 2 is 1.24 bits per heavy atom. The van der Waals surface area contributed by atoms with Crippen molar-refractivity contribution in [3.8, 4) is 22.8 Å². The molecule has 2 aliphatic heterocycles. The number of likely N-dealkylation sites (N-methyl/N-ethyl adjacent to an activating group) is 2. The first-order valence-electron chi connectivity index (χ1n) is 18.5. The van der Waals surface area contributed by atoms with Crippen LogP contribution in [0, 0.1) is 0 Å². The Labute approximate surface area is 322 Å². The maximum absolute atomic E-state index is 12.8. The van der Waals surface area contributed by atoms with Gasteiger partial charge in [0.15, 0.2) is 23.3 Å². The van der Waals surface area contributed by atoms with Crippen molar-refractivity contribution in [3.63, 3.8) is 0 Å². The average molecular weight is 753 g/mol. The summed E-state index contributed by atoms with van der Waals surface area (Å²) in [6.45, 7) is 17.6. The highest BCUT2D eigenvalue weighted by Gasteiger charge is 2.40. The third-order valence-corrected chi connectivity index (χ3v) is 9.29. The molecule has 0 radical (unpaired) electrons. The van der Waals surface area contributed by atoms with Crippen molar-refractivity contribution < 1.29 is 19.1 Å². The molecule has 55 heavy (non-hydrogen) atoms. The van der Waals surface area contributed by atoms with Gasteiger partial charge in [0.1, 0.15) is 29.1 Å². The summed E-state index contributed by atoms with van der Waals surface area (Å²) >= 11 is 0. The number of amides is 3. The normalized spacial score (nSPS) is 16.8. The number of carbonyl (C=O) groups excluding carboxylic acids is 3. The number of anilines is 6. The highest BCUT2D eigenvalue weighted by molar-refractivity contribution is 6.05. The van der Waals surface area contributed by atoms with Crippen molar-refractivity contribution in [1.82, 2.24) is 29.9 Å². The van der Waals surface area contributed by atoms with Gasteiger partial charge in [-0.15, -0.1) is 0 Å². The molecular weight excluding hydrogens is 701 g/mol. The summed E-state index contributed by atoms with van der Waals surface area (Å²) in [6.07, 6.45) is 10.5. The lowest BCUT2D eigenvalue weighted by molar-refractivity contribution is -0.120. The van der Waals surface area contributed by atoms with Crippen molar-refractivity contribution in [3.05, 3.63) is 49.3 Å². The van der Waals surface area contributed by atoms with E-state index >= 15 is 0 Å². The number of fused-ring (bicyclic) bond motifs is 2. The SMILES string of the molecule is CC[C@@H]1C(=O)N(C)c2cnc(-c3ccncc3N)nc2N1C(C)C.CC[C@@H]1C(=O)N(C)c2cnc(-c3ccncc3NC(=O)OC(C)(C)C)nc2N1C(C)C. The van der Waals surface area contributed by atoms with Gasteiger partial charge in [0.25, 0.3) is 0 Å². The second-order valence-electron chi connectivity index (χ2n) is 15.0. The molecular formula is C39H52N12O4. The average Bonchev–Trinajstić information content (AvgIpc) is 3.13. The van der Waals surface area contributed by atoms with Gasteiger partial charge in [-0.3, -0.25) is 24.9 Å². The number of nitrogens with two attached hydrogens (primary N) is 1. The number of carbonyl (C=O) groups is 3. The molecule has 0 fully saturated rings. The standard InChI is InChI=1S/C22H30N6O3.C17H22N6O/c1-8-16-20(29)27(7)17-12-24-18(26-19(17)28(16)13(2)3)14-9-10-23-11-15(14)25-21(30)31-22(4,5)6;1-5-13-17(24)22(4)14-9-20-15(11-6-7-19-8-12(11)18)21-16(14)23(13)10(2)3/h9-13,16H,8H2,1-7H3,(H,25,30);6-10,13H,5,18H2,1-4H3/t16-;13-/m11/s1. The molecule has 16 heteroatoms. The topological polar surface area (TPSA) is 189 Å². The van der Waals surface area contributed by atoms with Crippen LogP contribution in [-0.4, -0.2) is 91.7 Å². The summed E-state index contributed by atoms with van der Waals surface area (Å²) in [4.78, 5) is 71.7. The fourth-order valence-corrected chi connectivity index (χ4v) is 6.73. The van der Waals surface area contributed by atoms with Crippen LogP contribution in [0.1, 0.15) is 75.2 Å². The van der Waals surface area contributed by atoms with Crippen LogP contribution in [0.5, 0.6) is 0 Å². The van der Waals surface area contributed by atoms with E-state index in [0.29, 0.717) is 46.5 Å². The minimum atomic E-state index is -0.626. The zero-order chi connectivity index (χ0) is 40.4. The number of aromatic nitrogens is 6. The predicted molar refractivity (Wildman–Crippen MR) is 215 cm³/mol. The number of nitrogen functional groups attached to an aromatic ring is 1. The molecule has 0 bridgehead atoms. The third-order valence-electron chi connectivity index (χ3n) is 9.29. The first kappa shape index (κ1) is 40.3.